The van der Waals surface area contributed by atoms with Gasteiger partial charge in [0, 0.05) is 25.8 Å². The van der Waals surface area contributed by atoms with E-state index in [-0.39, 0.29) is 0 Å². The Morgan fingerprint density at radius 2 is 2.06 bits per heavy atom. The van der Waals surface area contributed by atoms with Gasteiger partial charge >= 0.3 is 0 Å². The number of aryl methyl sites for hydroxylation is 1. The number of para-hydroxylation sites is 1. The second kappa shape index (κ2) is 6.00. The zero-order valence-corrected chi connectivity index (χ0v) is 13.1. The van der Waals surface area contributed by atoms with Crippen LogP contribution in [0.15, 0.2) is 45.8 Å². The van der Waals surface area contributed by atoms with Crippen molar-refractivity contribution in [3.05, 3.63) is 57.0 Å². The van der Waals surface area contributed by atoms with Crippen LogP contribution in [0.4, 0.5) is 5.69 Å². The van der Waals surface area contributed by atoms with Crippen LogP contribution in [0.1, 0.15) is 11.1 Å². The van der Waals surface area contributed by atoms with E-state index in [4.69, 9.17) is 17.3 Å². The molecule has 0 fully saturated rings. The summed E-state index contributed by atoms with van der Waals surface area (Å²) in [5.74, 6) is 0.819. The number of halogens is 2. The monoisotopic (exact) mass is 341 g/mol. The molecule has 0 aliphatic rings. The Balaban J connectivity index is 2.14. The van der Waals surface area contributed by atoms with Gasteiger partial charge in [0.1, 0.15) is 0 Å². The molecule has 94 valence electrons. The molecule has 4 heteroatoms. The van der Waals surface area contributed by atoms with E-state index in [0.29, 0.717) is 0 Å². The number of anilines is 1. The van der Waals surface area contributed by atoms with Crippen molar-refractivity contribution in [1.82, 2.24) is 0 Å². The molecule has 2 rings (SSSR count). The van der Waals surface area contributed by atoms with Crippen molar-refractivity contribution in [2.24, 2.45) is 0 Å². The Bertz CT molecular complexity index is 572. The van der Waals surface area contributed by atoms with Crippen molar-refractivity contribution in [3.8, 4) is 0 Å². The lowest BCUT2D eigenvalue weighted by atomic mass is 10.2. The Morgan fingerprint density at radius 1 is 1.28 bits per heavy atom. The van der Waals surface area contributed by atoms with Crippen molar-refractivity contribution >= 4 is 45.0 Å². The maximum Gasteiger partial charge on any atom is 0.0482 e. The molecule has 2 N–H and O–H groups in total. The highest BCUT2D eigenvalue weighted by Gasteiger charge is 2.05. The molecule has 2 aromatic carbocycles. The summed E-state index contributed by atoms with van der Waals surface area (Å²) in [6.45, 7) is 2.02. The predicted octanol–water partition coefficient (Wildman–Crippen LogP) is 5.29. The molecule has 0 heterocycles. The molecule has 1 nitrogen and oxygen atoms in total. The molecule has 0 aliphatic heterocycles. The zero-order chi connectivity index (χ0) is 13.1. The third kappa shape index (κ3) is 3.22. The molecule has 18 heavy (non-hydrogen) atoms. The third-order valence-electron chi connectivity index (χ3n) is 2.68. The van der Waals surface area contributed by atoms with Crippen LogP contribution in [-0.4, -0.2) is 0 Å². The van der Waals surface area contributed by atoms with Gasteiger partial charge in [0.05, 0.1) is 0 Å². The molecule has 0 bridgehead atoms. The molecule has 0 unspecified atom stereocenters. The molecule has 0 saturated heterocycles. The van der Waals surface area contributed by atoms with E-state index in [1.807, 2.05) is 43.3 Å². The van der Waals surface area contributed by atoms with Gasteiger partial charge in [-0.15, -0.1) is 11.8 Å². The standard InChI is InChI=1S/C14H13BrClNS/c1-9-3-2-4-13(14(9)17)18-8-10-5-6-11(15)7-12(10)16/h2-7H,8,17H2,1H3. The molecular formula is C14H13BrClNS. The topological polar surface area (TPSA) is 26.0 Å². The fourth-order valence-electron chi connectivity index (χ4n) is 1.57. The molecular weight excluding hydrogens is 330 g/mol. The van der Waals surface area contributed by atoms with Crippen LogP contribution < -0.4 is 5.73 Å². The molecule has 0 aliphatic carbocycles. The minimum Gasteiger partial charge on any atom is -0.398 e. The number of rotatable bonds is 3. The normalized spacial score (nSPS) is 10.6. The fraction of sp³-hybridized carbons (Fsp3) is 0.143. The van der Waals surface area contributed by atoms with E-state index in [9.17, 15) is 0 Å². The van der Waals surface area contributed by atoms with Crippen LogP contribution >= 0.6 is 39.3 Å². The smallest absolute Gasteiger partial charge is 0.0482 e. The van der Waals surface area contributed by atoms with Gasteiger partial charge < -0.3 is 5.73 Å². The van der Waals surface area contributed by atoms with E-state index in [0.717, 1.165) is 37.0 Å². The molecule has 0 saturated carbocycles. The van der Waals surface area contributed by atoms with E-state index in [1.165, 1.54) is 0 Å². The second-order valence-corrected chi connectivity index (χ2v) is 6.35. The average molecular weight is 343 g/mol. The Morgan fingerprint density at radius 3 is 2.78 bits per heavy atom. The van der Waals surface area contributed by atoms with Gasteiger partial charge in [-0.2, -0.15) is 0 Å². The first-order chi connectivity index (χ1) is 8.58. The lowest BCUT2D eigenvalue weighted by molar-refractivity contribution is 1.34. The van der Waals surface area contributed by atoms with E-state index < -0.39 is 0 Å². The van der Waals surface area contributed by atoms with Crippen molar-refractivity contribution in [2.45, 2.75) is 17.6 Å². The Hall–Kier alpha value is -0.640. The number of nitrogens with two attached hydrogens (primary N) is 1. The molecule has 0 atom stereocenters. The lowest BCUT2D eigenvalue weighted by Gasteiger charge is -2.09. The van der Waals surface area contributed by atoms with Crippen LogP contribution in [0.3, 0.4) is 0 Å². The van der Waals surface area contributed by atoms with E-state index in [2.05, 4.69) is 15.9 Å². The van der Waals surface area contributed by atoms with E-state index in [1.54, 1.807) is 11.8 Å². The average Bonchev–Trinajstić information content (AvgIpc) is 2.33. The number of hydrogen-bond acceptors (Lipinski definition) is 2. The first-order valence-corrected chi connectivity index (χ1v) is 7.65. The number of hydrogen-bond donors (Lipinski definition) is 1. The van der Waals surface area contributed by atoms with Gasteiger partial charge in [-0.3, -0.25) is 0 Å². The predicted molar refractivity (Wildman–Crippen MR) is 84.3 cm³/mol. The summed E-state index contributed by atoms with van der Waals surface area (Å²) in [7, 11) is 0. The molecule has 0 aromatic heterocycles. The largest absolute Gasteiger partial charge is 0.398 e. The van der Waals surface area contributed by atoms with Crippen LogP contribution in [0.25, 0.3) is 0 Å². The van der Waals surface area contributed by atoms with Gasteiger partial charge in [-0.05, 0) is 36.2 Å². The Labute approximate surface area is 125 Å². The highest BCUT2D eigenvalue weighted by molar-refractivity contribution is 9.10. The van der Waals surface area contributed by atoms with Crippen LogP contribution in [0.5, 0.6) is 0 Å². The fourth-order valence-corrected chi connectivity index (χ4v) is 3.45. The third-order valence-corrected chi connectivity index (χ3v) is 4.65. The van der Waals surface area contributed by atoms with Crippen LogP contribution in [0.2, 0.25) is 5.02 Å². The number of benzene rings is 2. The second-order valence-electron chi connectivity index (χ2n) is 4.01. The van der Waals surface area contributed by atoms with Crippen LogP contribution in [0, 0.1) is 6.92 Å². The van der Waals surface area contributed by atoms with Gasteiger partial charge in [-0.1, -0.05) is 45.7 Å². The first kappa shape index (κ1) is 13.8. The highest BCUT2D eigenvalue weighted by Crippen LogP contribution is 2.32. The first-order valence-electron chi connectivity index (χ1n) is 5.50. The van der Waals surface area contributed by atoms with Gasteiger partial charge in [0.25, 0.3) is 0 Å². The molecule has 0 radical (unpaired) electrons. The minimum atomic E-state index is 0.781. The number of thioether (sulfide) groups is 1. The van der Waals surface area contributed by atoms with Crippen molar-refractivity contribution in [3.63, 3.8) is 0 Å². The summed E-state index contributed by atoms with van der Waals surface area (Å²) >= 11 is 11.3. The quantitative estimate of drug-likeness (QED) is 0.606. The lowest BCUT2D eigenvalue weighted by Crippen LogP contribution is -1.92. The van der Waals surface area contributed by atoms with Crippen molar-refractivity contribution in [1.29, 1.82) is 0 Å². The summed E-state index contributed by atoms with van der Waals surface area (Å²) in [5, 5.41) is 0.781. The SMILES string of the molecule is Cc1cccc(SCc2ccc(Br)cc2Cl)c1N. The van der Waals surface area contributed by atoms with Gasteiger partial charge in [-0.25, -0.2) is 0 Å². The maximum absolute atomic E-state index is 6.19. The molecule has 2 aromatic rings. The summed E-state index contributed by atoms with van der Waals surface area (Å²) in [6, 6.07) is 12.0. The van der Waals surface area contributed by atoms with Crippen molar-refractivity contribution < 1.29 is 0 Å². The zero-order valence-electron chi connectivity index (χ0n) is 9.91. The summed E-state index contributed by atoms with van der Waals surface area (Å²) in [4.78, 5) is 1.11. The molecule has 0 spiro atoms. The summed E-state index contributed by atoms with van der Waals surface area (Å²) < 4.78 is 0.997. The van der Waals surface area contributed by atoms with Gasteiger partial charge in [0.2, 0.25) is 0 Å². The summed E-state index contributed by atoms with van der Waals surface area (Å²) in [6.07, 6.45) is 0. The minimum absolute atomic E-state index is 0.781. The van der Waals surface area contributed by atoms with Crippen LogP contribution in [-0.2, 0) is 5.75 Å². The van der Waals surface area contributed by atoms with E-state index >= 15 is 0 Å². The molecule has 0 amide bonds. The Kier molecular flexibility index (Phi) is 4.60. The maximum atomic E-state index is 6.19. The number of nitrogen functional groups attached to an aromatic ring is 1. The summed E-state index contributed by atoms with van der Waals surface area (Å²) in [5.41, 5.74) is 9.13. The van der Waals surface area contributed by atoms with Gasteiger partial charge in [0.15, 0.2) is 0 Å². The highest BCUT2D eigenvalue weighted by atomic mass is 79.9. The van der Waals surface area contributed by atoms with Crippen molar-refractivity contribution in [2.75, 3.05) is 5.73 Å².